The van der Waals surface area contributed by atoms with Crippen molar-refractivity contribution in [2.24, 2.45) is 0 Å². The third-order valence-corrected chi connectivity index (χ3v) is 3.46. The molecule has 0 atom stereocenters. The Hall–Kier alpha value is -2.05. The van der Waals surface area contributed by atoms with Crippen molar-refractivity contribution in [1.82, 2.24) is 14.7 Å². The topological polar surface area (TPSA) is 84.7 Å². The lowest BCUT2D eigenvalue weighted by Crippen LogP contribution is -2.31. The number of aryl methyl sites for hydroxylation is 1. The number of esters is 1. The SMILES string of the molecule is COC(=O)CCCn1cc2c(n1)CCN(C(=O)O)CC2. The minimum absolute atomic E-state index is 0.212. The zero-order valence-corrected chi connectivity index (χ0v) is 11.5. The number of carbonyl (C=O) groups is 2. The summed E-state index contributed by atoms with van der Waals surface area (Å²) in [6.07, 6.45) is 3.49. The monoisotopic (exact) mass is 281 g/mol. The molecule has 0 bridgehead atoms. The van der Waals surface area contributed by atoms with Crippen LogP contribution in [0.4, 0.5) is 4.79 Å². The van der Waals surface area contributed by atoms with Gasteiger partial charge in [0.2, 0.25) is 0 Å². The first kappa shape index (κ1) is 14.4. The number of carboxylic acid groups (broad SMARTS) is 1. The lowest BCUT2D eigenvalue weighted by atomic mass is 10.2. The van der Waals surface area contributed by atoms with Crippen LogP contribution in [0.1, 0.15) is 24.1 Å². The number of amides is 1. The lowest BCUT2D eigenvalue weighted by molar-refractivity contribution is -0.140. The Kier molecular flexibility index (Phi) is 4.60. The van der Waals surface area contributed by atoms with Gasteiger partial charge in [0, 0.05) is 38.7 Å². The standard InChI is InChI=1S/C13H19N3O4/c1-20-12(17)3-2-6-16-9-10-4-7-15(13(18)19)8-5-11(10)14-16/h9H,2-8H2,1H3,(H,18,19). The number of fused-ring (bicyclic) bond motifs is 1. The first-order chi connectivity index (χ1) is 9.60. The second kappa shape index (κ2) is 6.40. The van der Waals surface area contributed by atoms with Crippen molar-refractivity contribution in [2.45, 2.75) is 32.2 Å². The van der Waals surface area contributed by atoms with Gasteiger partial charge in [0.05, 0.1) is 12.8 Å². The van der Waals surface area contributed by atoms with E-state index in [0.29, 0.717) is 45.3 Å². The van der Waals surface area contributed by atoms with E-state index < -0.39 is 6.09 Å². The number of carbonyl (C=O) groups excluding carboxylic acids is 1. The van der Waals surface area contributed by atoms with E-state index in [1.54, 1.807) is 0 Å². The molecule has 7 nitrogen and oxygen atoms in total. The van der Waals surface area contributed by atoms with Crippen LogP contribution in [0.15, 0.2) is 6.20 Å². The van der Waals surface area contributed by atoms with Gasteiger partial charge in [-0.25, -0.2) is 4.79 Å². The maximum Gasteiger partial charge on any atom is 0.407 e. The van der Waals surface area contributed by atoms with Crippen LogP contribution in [0.3, 0.4) is 0 Å². The molecule has 1 aromatic heterocycles. The van der Waals surface area contributed by atoms with Gasteiger partial charge in [-0.15, -0.1) is 0 Å². The highest BCUT2D eigenvalue weighted by molar-refractivity contribution is 5.69. The van der Waals surface area contributed by atoms with E-state index in [0.717, 1.165) is 11.3 Å². The van der Waals surface area contributed by atoms with Crippen molar-refractivity contribution in [3.05, 3.63) is 17.5 Å². The van der Waals surface area contributed by atoms with Crippen LogP contribution in [-0.2, 0) is 28.9 Å². The van der Waals surface area contributed by atoms with Gasteiger partial charge < -0.3 is 14.7 Å². The normalized spacial score (nSPS) is 14.6. The summed E-state index contributed by atoms with van der Waals surface area (Å²) < 4.78 is 6.43. The van der Waals surface area contributed by atoms with E-state index in [4.69, 9.17) is 5.11 Å². The van der Waals surface area contributed by atoms with Crippen molar-refractivity contribution in [3.63, 3.8) is 0 Å². The van der Waals surface area contributed by atoms with Crippen LogP contribution in [0.5, 0.6) is 0 Å². The van der Waals surface area contributed by atoms with E-state index in [-0.39, 0.29) is 5.97 Å². The number of hydrogen-bond donors (Lipinski definition) is 1. The third-order valence-electron chi connectivity index (χ3n) is 3.46. The van der Waals surface area contributed by atoms with Crippen LogP contribution >= 0.6 is 0 Å². The number of hydrogen-bond acceptors (Lipinski definition) is 4. The molecule has 1 aliphatic heterocycles. The average Bonchev–Trinajstić information content (AvgIpc) is 2.70. The zero-order valence-electron chi connectivity index (χ0n) is 11.5. The molecule has 2 heterocycles. The van der Waals surface area contributed by atoms with Crippen LogP contribution in [0.25, 0.3) is 0 Å². The number of ether oxygens (including phenoxy) is 1. The molecular formula is C13H19N3O4. The second-order valence-electron chi connectivity index (χ2n) is 4.81. The molecule has 0 saturated heterocycles. The number of aromatic nitrogens is 2. The summed E-state index contributed by atoms with van der Waals surface area (Å²) in [4.78, 5) is 23.4. The third kappa shape index (κ3) is 3.49. The number of nitrogens with zero attached hydrogens (tertiary/aromatic N) is 3. The largest absolute Gasteiger partial charge is 0.469 e. The fourth-order valence-electron chi connectivity index (χ4n) is 2.32. The van der Waals surface area contributed by atoms with Crippen molar-refractivity contribution in [3.8, 4) is 0 Å². The Bertz CT molecular complexity index is 472. The minimum Gasteiger partial charge on any atom is -0.469 e. The molecule has 0 saturated carbocycles. The predicted octanol–water partition coefficient (Wildman–Crippen LogP) is 0.915. The summed E-state index contributed by atoms with van der Waals surface area (Å²) in [5.74, 6) is -0.212. The Morgan fingerprint density at radius 1 is 1.40 bits per heavy atom. The molecule has 1 aliphatic rings. The highest BCUT2D eigenvalue weighted by Crippen LogP contribution is 2.15. The van der Waals surface area contributed by atoms with E-state index in [9.17, 15) is 9.59 Å². The molecule has 2 rings (SSSR count). The van der Waals surface area contributed by atoms with E-state index >= 15 is 0 Å². The second-order valence-corrected chi connectivity index (χ2v) is 4.81. The maximum absolute atomic E-state index is 11.0. The van der Waals surface area contributed by atoms with Gasteiger partial charge >= 0.3 is 12.1 Å². The van der Waals surface area contributed by atoms with Crippen LogP contribution in [-0.4, -0.2) is 52.0 Å². The van der Waals surface area contributed by atoms with Gasteiger partial charge in [0.15, 0.2) is 0 Å². The molecule has 1 N–H and O–H groups in total. The number of rotatable bonds is 4. The van der Waals surface area contributed by atoms with Crippen molar-refractivity contribution in [2.75, 3.05) is 20.2 Å². The van der Waals surface area contributed by atoms with Crippen molar-refractivity contribution >= 4 is 12.1 Å². The molecule has 110 valence electrons. The van der Waals surface area contributed by atoms with E-state index in [2.05, 4.69) is 9.84 Å². The first-order valence-electron chi connectivity index (χ1n) is 6.70. The van der Waals surface area contributed by atoms with Gasteiger partial charge in [-0.2, -0.15) is 5.10 Å². The fourth-order valence-corrected chi connectivity index (χ4v) is 2.32. The summed E-state index contributed by atoms with van der Waals surface area (Å²) in [6, 6.07) is 0. The average molecular weight is 281 g/mol. The maximum atomic E-state index is 11.0. The van der Waals surface area contributed by atoms with Crippen molar-refractivity contribution in [1.29, 1.82) is 0 Å². The van der Waals surface area contributed by atoms with Crippen molar-refractivity contribution < 1.29 is 19.4 Å². The van der Waals surface area contributed by atoms with Gasteiger partial charge in [0.1, 0.15) is 0 Å². The highest BCUT2D eigenvalue weighted by Gasteiger charge is 2.19. The molecular weight excluding hydrogens is 262 g/mol. The van der Waals surface area contributed by atoms with Crippen LogP contribution < -0.4 is 0 Å². The van der Waals surface area contributed by atoms with E-state index in [1.807, 2.05) is 10.9 Å². The summed E-state index contributed by atoms with van der Waals surface area (Å²) in [5.41, 5.74) is 2.07. The van der Waals surface area contributed by atoms with Crippen LogP contribution in [0, 0.1) is 0 Å². The van der Waals surface area contributed by atoms with Gasteiger partial charge in [-0.3, -0.25) is 9.48 Å². The quantitative estimate of drug-likeness (QED) is 0.829. The van der Waals surface area contributed by atoms with Gasteiger partial charge in [-0.05, 0) is 18.4 Å². The van der Waals surface area contributed by atoms with Gasteiger partial charge in [0.25, 0.3) is 0 Å². The molecule has 0 unspecified atom stereocenters. The predicted molar refractivity (Wildman–Crippen MR) is 70.5 cm³/mol. The Labute approximate surface area is 117 Å². The van der Waals surface area contributed by atoms with E-state index in [1.165, 1.54) is 12.0 Å². The van der Waals surface area contributed by atoms with Gasteiger partial charge in [-0.1, -0.05) is 0 Å². The Morgan fingerprint density at radius 3 is 2.85 bits per heavy atom. The number of methoxy groups -OCH3 is 1. The summed E-state index contributed by atoms with van der Waals surface area (Å²) in [7, 11) is 1.38. The fraction of sp³-hybridized carbons (Fsp3) is 0.615. The molecule has 0 radical (unpaired) electrons. The summed E-state index contributed by atoms with van der Waals surface area (Å²) in [6.45, 7) is 1.67. The first-order valence-corrected chi connectivity index (χ1v) is 6.70. The smallest absolute Gasteiger partial charge is 0.407 e. The Balaban J connectivity index is 1.90. The summed E-state index contributed by atoms with van der Waals surface area (Å²) in [5, 5.41) is 13.5. The highest BCUT2D eigenvalue weighted by atomic mass is 16.5. The molecule has 20 heavy (non-hydrogen) atoms. The molecule has 0 aliphatic carbocycles. The molecule has 1 aromatic rings. The Morgan fingerprint density at radius 2 is 2.15 bits per heavy atom. The minimum atomic E-state index is -0.874. The summed E-state index contributed by atoms with van der Waals surface area (Å²) >= 11 is 0. The molecule has 0 aromatic carbocycles. The lowest BCUT2D eigenvalue weighted by Gasteiger charge is -2.15. The molecule has 7 heteroatoms. The molecule has 0 spiro atoms. The zero-order chi connectivity index (χ0) is 14.5. The molecule has 0 fully saturated rings. The van der Waals surface area contributed by atoms with Crippen LogP contribution in [0.2, 0.25) is 0 Å². The molecule has 1 amide bonds.